The van der Waals surface area contributed by atoms with E-state index in [4.69, 9.17) is 0 Å². The topological polar surface area (TPSA) is 26.3 Å². The van der Waals surface area contributed by atoms with Gasteiger partial charge < -0.3 is 4.74 Å². The summed E-state index contributed by atoms with van der Waals surface area (Å²) in [5.74, 6) is -3.26. The van der Waals surface area contributed by atoms with Gasteiger partial charge in [0.2, 0.25) is 5.60 Å². The molecule has 0 N–H and O–H groups in total. The van der Waals surface area contributed by atoms with Crippen molar-refractivity contribution in [3.8, 4) is 0 Å². The lowest BCUT2D eigenvalue weighted by molar-refractivity contribution is -0.285. The molecule has 2 aliphatic rings. The molecule has 0 spiro atoms. The molecule has 20 heavy (non-hydrogen) atoms. The first-order valence-electron chi connectivity index (χ1n) is 6.03. The number of fused-ring (bicyclic) bond motifs is 2. The summed E-state index contributed by atoms with van der Waals surface area (Å²) in [7, 11) is 0. The van der Waals surface area contributed by atoms with Gasteiger partial charge in [-0.05, 0) is 31.6 Å². The number of ether oxygens (including phenoxy) is 1. The van der Waals surface area contributed by atoms with Gasteiger partial charge in [0.15, 0.2) is 0 Å². The van der Waals surface area contributed by atoms with Crippen molar-refractivity contribution in [3.63, 3.8) is 0 Å². The van der Waals surface area contributed by atoms with Gasteiger partial charge in [-0.1, -0.05) is 6.58 Å². The molecule has 2 nitrogen and oxygen atoms in total. The lowest BCUT2D eigenvalue weighted by atomic mass is 9.83. The Morgan fingerprint density at radius 2 is 1.75 bits per heavy atom. The van der Waals surface area contributed by atoms with E-state index in [1.165, 1.54) is 0 Å². The van der Waals surface area contributed by atoms with E-state index in [0.717, 1.165) is 0 Å². The van der Waals surface area contributed by atoms with Crippen molar-refractivity contribution in [2.24, 2.45) is 11.8 Å². The summed E-state index contributed by atoms with van der Waals surface area (Å²) < 4.78 is 80.8. The Balaban J connectivity index is 2.24. The molecule has 2 fully saturated rings. The van der Waals surface area contributed by atoms with E-state index >= 15 is 0 Å². The van der Waals surface area contributed by atoms with Crippen LogP contribution in [0.4, 0.5) is 26.3 Å². The van der Waals surface area contributed by atoms with E-state index in [1.54, 1.807) is 0 Å². The molecule has 2 rings (SSSR count). The molecular formula is C12H12F6O2. The lowest BCUT2D eigenvalue weighted by Crippen LogP contribution is -2.53. The SMILES string of the molecule is C=C(C(=O)OC1(C(F)(F)F)CC2CCC1C2)C(F)(F)F. The van der Waals surface area contributed by atoms with Gasteiger partial charge in [0.1, 0.15) is 5.57 Å². The number of esters is 1. The molecule has 0 saturated heterocycles. The molecule has 0 aromatic rings. The number of hydrogen-bond acceptors (Lipinski definition) is 2. The number of rotatable bonds is 2. The lowest BCUT2D eigenvalue weighted by Gasteiger charge is -2.38. The van der Waals surface area contributed by atoms with E-state index in [0.29, 0.717) is 6.42 Å². The molecular weight excluding hydrogens is 290 g/mol. The third-order valence-electron chi connectivity index (χ3n) is 4.14. The van der Waals surface area contributed by atoms with Crippen LogP contribution in [0.3, 0.4) is 0 Å². The van der Waals surface area contributed by atoms with Crippen LogP contribution in [-0.2, 0) is 9.53 Å². The standard InChI is InChI=1S/C12H12F6O2/c1-6(11(13,14)15)9(19)20-10(12(16,17)18)5-7-2-3-8(10)4-7/h7-8H,1-5H2. The Morgan fingerprint density at radius 1 is 1.15 bits per heavy atom. The summed E-state index contributed by atoms with van der Waals surface area (Å²) in [4.78, 5) is 11.3. The molecule has 0 aliphatic heterocycles. The highest BCUT2D eigenvalue weighted by molar-refractivity contribution is 5.89. The van der Waals surface area contributed by atoms with Crippen LogP contribution in [0, 0.1) is 11.8 Å². The van der Waals surface area contributed by atoms with Gasteiger partial charge in [0, 0.05) is 5.92 Å². The highest BCUT2D eigenvalue weighted by Gasteiger charge is 2.68. The fourth-order valence-corrected chi connectivity index (χ4v) is 3.15. The second-order valence-electron chi connectivity index (χ2n) is 5.33. The van der Waals surface area contributed by atoms with Crippen LogP contribution in [0.25, 0.3) is 0 Å². The Morgan fingerprint density at radius 3 is 2.10 bits per heavy atom. The first kappa shape index (κ1) is 15.2. The molecule has 2 aliphatic carbocycles. The van der Waals surface area contributed by atoms with Crippen LogP contribution < -0.4 is 0 Å². The molecule has 0 aromatic heterocycles. The minimum atomic E-state index is -5.10. The molecule has 3 atom stereocenters. The zero-order valence-electron chi connectivity index (χ0n) is 10.3. The molecule has 0 radical (unpaired) electrons. The van der Waals surface area contributed by atoms with Gasteiger partial charge in [-0.2, -0.15) is 26.3 Å². The summed E-state index contributed by atoms with van der Waals surface area (Å²) >= 11 is 0. The number of alkyl halides is 6. The van der Waals surface area contributed by atoms with Crippen LogP contribution in [0.5, 0.6) is 0 Å². The quantitative estimate of drug-likeness (QED) is 0.441. The summed E-state index contributed by atoms with van der Waals surface area (Å²) in [6.45, 7) is 2.48. The first-order chi connectivity index (χ1) is 8.97. The highest BCUT2D eigenvalue weighted by atomic mass is 19.4. The monoisotopic (exact) mass is 302 g/mol. The Bertz CT molecular complexity index is 438. The van der Waals surface area contributed by atoms with Gasteiger partial charge in [0.05, 0.1) is 0 Å². The third-order valence-corrected chi connectivity index (χ3v) is 4.14. The molecule has 3 unspecified atom stereocenters. The van der Waals surface area contributed by atoms with Crippen molar-refractivity contribution in [1.29, 1.82) is 0 Å². The number of carbonyl (C=O) groups excluding carboxylic acids is 1. The first-order valence-corrected chi connectivity index (χ1v) is 6.03. The molecule has 2 saturated carbocycles. The molecule has 0 amide bonds. The van der Waals surface area contributed by atoms with Gasteiger partial charge in [-0.3, -0.25) is 0 Å². The second-order valence-corrected chi connectivity index (χ2v) is 5.33. The van der Waals surface area contributed by atoms with Gasteiger partial charge in [0.25, 0.3) is 0 Å². The zero-order chi connectivity index (χ0) is 15.3. The van der Waals surface area contributed by atoms with Crippen molar-refractivity contribution in [3.05, 3.63) is 12.2 Å². The van der Waals surface area contributed by atoms with Crippen LogP contribution in [-0.4, -0.2) is 23.9 Å². The summed E-state index contributed by atoms with van der Waals surface area (Å²) in [5, 5.41) is 0. The minimum Gasteiger partial charge on any atom is -0.445 e. The van der Waals surface area contributed by atoms with Crippen molar-refractivity contribution in [1.82, 2.24) is 0 Å². The van der Waals surface area contributed by atoms with Crippen LogP contribution in [0.1, 0.15) is 25.7 Å². The summed E-state index contributed by atoms with van der Waals surface area (Å²) in [5.41, 5.74) is -4.70. The van der Waals surface area contributed by atoms with Crippen molar-refractivity contribution >= 4 is 5.97 Å². The smallest absolute Gasteiger partial charge is 0.428 e. The molecule has 0 aromatic carbocycles. The maximum absolute atomic E-state index is 13.2. The normalized spacial score (nSPS) is 33.3. The third kappa shape index (κ3) is 2.29. The number of carbonyl (C=O) groups is 1. The van der Waals surface area contributed by atoms with E-state index in [-0.39, 0.29) is 18.8 Å². The Kier molecular flexibility index (Phi) is 3.33. The maximum Gasteiger partial charge on any atom is 0.428 e. The van der Waals surface area contributed by atoms with Crippen LogP contribution >= 0.6 is 0 Å². The van der Waals surface area contributed by atoms with E-state index < -0.39 is 41.8 Å². The maximum atomic E-state index is 13.2. The second kappa shape index (κ2) is 4.39. The largest absolute Gasteiger partial charge is 0.445 e. The van der Waals surface area contributed by atoms with Crippen molar-refractivity contribution < 1.29 is 35.9 Å². The molecule has 2 bridgehead atoms. The predicted molar refractivity (Wildman–Crippen MR) is 55.5 cm³/mol. The number of halogens is 6. The zero-order valence-corrected chi connectivity index (χ0v) is 10.3. The predicted octanol–water partition coefficient (Wildman–Crippen LogP) is 3.77. The Hall–Kier alpha value is -1.21. The Labute approximate surface area is 110 Å². The van der Waals surface area contributed by atoms with Crippen molar-refractivity contribution in [2.45, 2.75) is 43.6 Å². The van der Waals surface area contributed by atoms with Crippen LogP contribution in [0.2, 0.25) is 0 Å². The van der Waals surface area contributed by atoms with E-state index in [1.807, 2.05) is 0 Å². The van der Waals surface area contributed by atoms with E-state index in [2.05, 4.69) is 11.3 Å². The van der Waals surface area contributed by atoms with Gasteiger partial charge in [-0.15, -0.1) is 0 Å². The fourth-order valence-electron chi connectivity index (χ4n) is 3.15. The molecule has 0 heterocycles. The summed E-state index contributed by atoms with van der Waals surface area (Å²) in [6.07, 6.45) is -9.42. The highest BCUT2D eigenvalue weighted by Crippen LogP contribution is 2.59. The summed E-state index contributed by atoms with van der Waals surface area (Å²) in [6, 6.07) is 0. The van der Waals surface area contributed by atoms with Gasteiger partial charge in [-0.25, -0.2) is 4.79 Å². The molecule has 8 heteroatoms. The average Bonchev–Trinajstić information content (AvgIpc) is 2.85. The van der Waals surface area contributed by atoms with Gasteiger partial charge >= 0.3 is 18.3 Å². The van der Waals surface area contributed by atoms with Crippen LogP contribution in [0.15, 0.2) is 12.2 Å². The molecule has 114 valence electrons. The fraction of sp³-hybridized carbons (Fsp3) is 0.750. The average molecular weight is 302 g/mol. The minimum absolute atomic E-state index is 0.204. The van der Waals surface area contributed by atoms with Crippen molar-refractivity contribution in [2.75, 3.05) is 0 Å². The van der Waals surface area contributed by atoms with E-state index in [9.17, 15) is 31.1 Å². The number of hydrogen-bond donors (Lipinski definition) is 0.